The third-order valence-corrected chi connectivity index (χ3v) is 4.63. The molecule has 0 saturated heterocycles. The van der Waals surface area contributed by atoms with Crippen LogP contribution in [0.4, 0.5) is 4.39 Å². The van der Waals surface area contributed by atoms with E-state index in [1.54, 1.807) is 12.1 Å². The van der Waals surface area contributed by atoms with Crippen molar-refractivity contribution in [3.63, 3.8) is 0 Å². The first-order valence-electron chi connectivity index (χ1n) is 6.36. The third-order valence-electron chi connectivity index (χ3n) is 4.63. The van der Waals surface area contributed by atoms with E-state index >= 15 is 0 Å². The number of halogens is 1. The summed E-state index contributed by atoms with van der Waals surface area (Å²) in [5, 5.41) is 0. The van der Waals surface area contributed by atoms with Crippen LogP contribution in [0.3, 0.4) is 0 Å². The van der Waals surface area contributed by atoms with E-state index in [4.69, 9.17) is 0 Å². The molecule has 1 saturated carbocycles. The van der Waals surface area contributed by atoms with E-state index in [1.807, 2.05) is 6.07 Å². The van der Waals surface area contributed by atoms with Crippen LogP contribution in [0, 0.1) is 17.2 Å². The first kappa shape index (κ1) is 10.3. The highest BCUT2D eigenvalue weighted by molar-refractivity contribution is 5.38. The quantitative estimate of drug-likeness (QED) is 0.609. The number of hydrogen-bond donors (Lipinski definition) is 0. The standard InChI is InChI=1S/C15H19F/c1-15(2)7-3-4-11-8-10-5-6-12(16)9-13(10)14(11)15/h5-6,9,11,14H,3-4,7-8H2,1-2H3. The van der Waals surface area contributed by atoms with Crippen LogP contribution in [-0.4, -0.2) is 0 Å². The van der Waals surface area contributed by atoms with Crippen molar-refractivity contribution in [2.24, 2.45) is 11.3 Å². The van der Waals surface area contributed by atoms with Gasteiger partial charge < -0.3 is 0 Å². The largest absolute Gasteiger partial charge is 0.207 e. The summed E-state index contributed by atoms with van der Waals surface area (Å²) >= 11 is 0. The summed E-state index contributed by atoms with van der Waals surface area (Å²) in [6.07, 6.45) is 5.11. The van der Waals surface area contributed by atoms with Gasteiger partial charge in [-0.1, -0.05) is 26.3 Å². The lowest BCUT2D eigenvalue weighted by Crippen LogP contribution is -2.30. The Morgan fingerprint density at radius 3 is 2.94 bits per heavy atom. The number of benzene rings is 1. The molecule has 2 aliphatic rings. The number of rotatable bonds is 0. The van der Waals surface area contributed by atoms with Crippen molar-refractivity contribution in [3.8, 4) is 0 Å². The molecular formula is C15H19F. The Bertz CT molecular complexity index is 419. The highest BCUT2D eigenvalue weighted by atomic mass is 19.1. The van der Waals surface area contributed by atoms with Gasteiger partial charge >= 0.3 is 0 Å². The zero-order valence-electron chi connectivity index (χ0n) is 10.1. The summed E-state index contributed by atoms with van der Waals surface area (Å²) in [7, 11) is 0. The molecule has 16 heavy (non-hydrogen) atoms. The molecule has 86 valence electrons. The summed E-state index contributed by atoms with van der Waals surface area (Å²) in [5.74, 6) is 1.29. The van der Waals surface area contributed by atoms with E-state index in [1.165, 1.54) is 36.8 Å². The van der Waals surface area contributed by atoms with E-state index in [9.17, 15) is 4.39 Å². The van der Waals surface area contributed by atoms with E-state index in [-0.39, 0.29) is 5.82 Å². The summed E-state index contributed by atoms with van der Waals surface area (Å²) in [4.78, 5) is 0. The molecule has 0 bridgehead atoms. The van der Waals surface area contributed by atoms with Gasteiger partial charge in [0, 0.05) is 0 Å². The van der Waals surface area contributed by atoms with Crippen LogP contribution >= 0.6 is 0 Å². The van der Waals surface area contributed by atoms with Gasteiger partial charge in [0.25, 0.3) is 0 Å². The van der Waals surface area contributed by atoms with Crippen LogP contribution in [0.1, 0.15) is 50.2 Å². The predicted molar refractivity (Wildman–Crippen MR) is 64.0 cm³/mol. The Labute approximate surface area is 96.9 Å². The lowest BCUT2D eigenvalue weighted by atomic mass is 9.64. The molecule has 0 nitrogen and oxygen atoms in total. The Morgan fingerprint density at radius 1 is 1.31 bits per heavy atom. The van der Waals surface area contributed by atoms with Gasteiger partial charge in [-0.15, -0.1) is 0 Å². The Hall–Kier alpha value is -0.850. The van der Waals surface area contributed by atoms with E-state index < -0.39 is 0 Å². The minimum Gasteiger partial charge on any atom is -0.207 e. The lowest BCUT2D eigenvalue weighted by molar-refractivity contribution is 0.149. The predicted octanol–water partition coefficient (Wildman–Crippen LogP) is 4.29. The first-order valence-corrected chi connectivity index (χ1v) is 6.36. The van der Waals surface area contributed by atoms with Gasteiger partial charge in [0.05, 0.1) is 0 Å². The second-order valence-corrected chi connectivity index (χ2v) is 6.17. The zero-order valence-corrected chi connectivity index (χ0v) is 10.1. The fourth-order valence-corrected chi connectivity index (χ4v) is 4.00. The molecule has 1 heteroatoms. The van der Waals surface area contributed by atoms with Gasteiger partial charge in [-0.3, -0.25) is 0 Å². The molecule has 3 rings (SSSR count). The maximum absolute atomic E-state index is 13.4. The van der Waals surface area contributed by atoms with Gasteiger partial charge in [-0.05, 0) is 59.8 Å². The van der Waals surface area contributed by atoms with Crippen molar-refractivity contribution in [3.05, 3.63) is 35.1 Å². The molecule has 1 fully saturated rings. The molecule has 2 aliphatic carbocycles. The number of fused-ring (bicyclic) bond motifs is 3. The fourth-order valence-electron chi connectivity index (χ4n) is 4.00. The SMILES string of the molecule is CC1(C)CCCC2Cc3ccc(F)cc3C21. The highest BCUT2D eigenvalue weighted by Gasteiger charge is 2.44. The van der Waals surface area contributed by atoms with Crippen LogP contribution in [0.2, 0.25) is 0 Å². The van der Waals surface area contributed by atoms with E-state index in [0.717, 1.165) is 5.92 Å². The van der Waals surface area contributed by atoms with E-state index in [0.29, 0.717) is 11.3 Å². The Kier molecular flexibility index (Phi) is 2.14. The molecule has 0 spiro atoms. The molecule has 2 atom stereocenters. The molecule has 0 radical (unpaired) electrons. The van der Waals surface area contributed by atoms with Crippen LogP contribution in [0.15, 0.2) is 18.2 Å². The number of hydrogen-bond acceptors (Lipinski definition) is 0. The summed E-state index contributed by atoms with van der Waals surface area (Å²) in [6, 6.07) is 5.40. The molecule has 0 aliphatic heterocycles. The summed E-state index contributed by atoms with van der Waals surface area (Å²) in [5.41, 5.74) is 3.04. The third kappa shape index (κ3) is 1.41. The second-order valence-electron chi connectivity index (χ2n) is 6.17. The second kappa shape index (κ2) is 3.32. The van der Waals surface area contributed by atoms with Crippen molar-refractivity contribution in [1.29, 1.82) is 0 Å². The smallest absolute Gasteiger partial charge is 0.123 e. The lowest BCUT2D eigenvalue weighted by Gasteiger charge is -2.41. The van der Waals surface area contributed by atoms with Crippen molar-refractivity contribution in [2.75, 3.05) is 0 Å². The van der Waals surface area contributed by atoms with Gasteiger partial charge in [-0.2, -0.15) is 0 Å². The fraction of sp³-hybridized carbons (Fsp3) is 0.600. The van der Waals surface area contributed by atoms with Crippen molar-refractivity contribution in [2.45, 2.75) is 45.4 Å². The minimum atomic E-state index is -0.0687. The first-order chi connectivity index (χ1) is 7.58. The molecule has 0 N–H and O–H groups in total. The van der Waals surface area contributed by atoms with Gasteiger partial charge in [0.1, 0.15) is 5.82 Å². The maximum atomic E-state index is 13.4. The molecular weight excluding hydrogens is 199 g/mol. The molecule has 0 heterocycles. The minimum absolute atomic E-state index is 0.0687. The molecule has 1 aromatic rings. The zero-order chi connectivity index (χ0) is 11.3. The van der Waals surface area contributed by atoms with Crippen LogP contribution in [0.25, 0.3) is 0 Å². The van der Waals surface area contributed by atoms with Crippen molar-refractivity contribution in [1.82, 2.24) is 0 Å². The highest BCUT2D eigenvalue weighted by Crippen LogP contribution is 2.55. The molecule has 0 amide bonds. The van der Waals surface area contributed by atoms with Crippen molar-refractivity contribution < 1.29 is 4.39 Å². The average Bonchev–Trinajstić information content (AvgIpc) is 2.56. The van der Waals surface area contributed by atoms with Gasteiger partial charge in [0.15, 0.2) is 0 Å². The van der Waals surface area contributed by atoms with Crippen LogP contribution in [0.5, 0.6) is 0 Å². The normalized spacial score (nSPS) is 30.9. The Balaban J connectivity index is 2.09. The average molecular weight is 218 g/mol. The molecule has 0 aromatic heterocycles. The van der Waals surface area contributed by atoms with Crippen LogP contribution in [-0.2, 0) is 6.42 Å². The summed E-state index contributed by atoms with van der Waals surface area (Å²) < 4.78 is 13.4. The molecule has 1 aromatic carbocycles. The van der Waals surface area contributed by atoms with Crippen molar-refractivity contribution >= 4 is 0 Å². The monoisotopic (exact) mass is 218 g/mol. The topological polar surface area (TPSA) is 0 Å². The van der Waals surface area contributed by atoms with E-state index in [2.05, 4.69) is 13.8 Å². The molecule has 2 unspecified atom stereocenters. The van der Waals surface area contributed by atoms with Gasteiger partial charge in [0.2, 0.25) is 0 Å². The van der Waals surface area contributed by atoms with Gasteiger partial charge in [-0.25, -0.2) is 4.39 Å². The summed E-state index contributed by atoms with van der Waals surface area (Å²) in [6.45, 7) is 4.70. The van der Waals surface area contributed by atoms with Crippen LogP contribution < -0.4 is 0 Å². The maximum Gasteiger partial charge on any atom is 0.123 e. The Morgan fingerprint density at radius 2 is 2.12 bits per heavy atom.